The molecule has 180 valence electrons. The predicted octanol–water partition coefficient (Wildman–Crippen LogP) is 4.64. The van der Waals surface area contributed by atoms with Crippen molar-refractivity contribution >= 4 is 17.9 Å². The molecule has 8 nitrogen and oxygen atoms in total. The lowest BCUT2D eigenvalue weighted by atomic mass is 10.1. The molecule has 1 aliphatic rings. The first-order valence-electron chi connectivity index (χ1n) is 10.7. The largest absolute Gasteiger partial charge is 0.493 e. The van der Waals surface area contributed by atoms with Gasteiger partial charge in [0.05, 0.1) is 28.4 Å². The Kier molecular flexibility index (Phi) is 7.21. The molecule has 0 spiro atoms. The van der Waals surface area contributed by atoms with Crippen LogP contribution in [-0.2, 0) is 16.1 Å². The Balaban J connectivity index is 1.62. The number of benzene rings is 3. The number of carbonyl (C=O) groups is 1. The van der Waals surface area contributed by atoms with Crippen molar-refractivity contribution in [3.63, 3.8) is 0 Å². The maximum absolute atomic E-state index is 12.6. The topological polar surface area (TPSA) is 84.8 Å². The lowest BCUT2D eigenvalue weighted by Crippen LogP contribution is -2.07. The van der Waals surface area contributed by atoms with Gasteiger partial charge in [-0.1, -0.05) is 36.4 Å². The first kappa shape index (κ1) is 23.7. The fourth-order valence-electron chi connectivity index (χ4n) is 3.53. The lowest BCUT2D eigenvalue weighted by Gasteiger charge is -2.13. The van der Waals surface area contributed by atoms with E-state index in [9.17, 15) is 4.79 Å². The quantitative estimate of drug-likeness (QED) is 0.329. The summed E-state index contributed by atoms with van der Waals surface area (Å²) in [5, 5.41) is 0. The molecule has 0 fully saturated rings. The van der Waals surface area contributed by atoms with Crippen LogP contribution in [0.1, 0.15) is 16.7 Å². The molecule has 0 unspecified atom stereocenters. The maximum Gasteiger partial charge on any atom is 0.363 e. The molecule has 35 heavy (non-hydrogen) atoms. The smallest absolute Gasteiger partial charge is 0.363 e. The Bertz CT molecular complexity index is 1260. The first-order chi connectivity index (χ1) is 17.1. The van der Waals surface area contributed by atoms with Gasteiger partial charge in [-0.3, -0.25) is 0 Å². The third kappa shape index (κ3) is 5.22. The van der Waals surface area contributed by atoms with E-state index in [1.807, 2.05) is 30.3 Å². The van der Waals surface area contributed by atoms with Crippen molar-refractivity contribution in [3.8, 4) is 28.7 Å². The van der Waals surface area contributed by atoms with Crippen molar-refractivity contribution in [3.05, 3.63) is 83.1 Å². The summed E-state index contributed by atoms with van der Waals surface area (Å²) < 4.78 is 32.9. The van der Waals surface area contributed by atoms with Gasteiger partial charge in [-0.05, 0) is 41.5 Å². The molecule has 0 N–H and O–H groups in total. The van der Waals surface area contributed by atoms with Crippen LogP contribution in [0, 0.1) is 0 Å². The minimum Gasteiger partial charge on any atom is -0.493 e. The van der Waals surface area contributed by atoms with Crippen LogP contribution < -0.4 is 23.7 Å². The van der Waals surface area contributed by atoms with Crippen molar-refractivity contribution in [2.24, 2.45) is 4.99 Å². The monoisotopic (exact) mass is 475 g/mol. The minimum atomic E-state index is -0.573. The zero-order valence-corrected chi connectivity index (χ0v) is 19.9. The first-order valence-corrected chi connectivity index (χ1v) is 10.7. The molecular weight excluding hydrogens is 450 g/mol. The van der Waals surface area contributed by atoms with Crippen LogP contribution in [-0.4, -0.2) is 40.3 Å². The molecule has 0 aliphatic carbocycles. The Morgan fingerprint density at radius 1 is 0.800 bits per heavy atom. The van der Waals surface area contributed by atoms with Crippen LogP contribution in [0.15, 0.2) is 71.4 Å². The lowest BCUT2D eigenvalue weighted by molar-refractivity contribution is -0.129. The van der Waals surface area contributed by atoms with E-state index in [0.29, 0.717) is 46.5 Å². The van der Waals surface area contributed by atoms with Gasteiger partial charge < -0.3 is 28.4 Å². The van der Waals surface area contributed by atoms with E-state index in [-0.39, 0.29) is 11.6 Å². The number of esters is 1. The highest BCUT2D eigenvalue weighted by molar-refractivity contribution is 6.13. The molecule has 0 aromatic heterocycles. The fourth-order valence-corrected chi connectivity index (χ4v) is 3.53. The predicted molar refractivity (Wildman–Crippen MR) is 130 cm³/mol. The van der Waals surface area contributed by atoms with E-state index in [4.69, 9.17) is 28.4 Å². The van der Waals surface area contributed by atoms with Crippen molar-refractivity contribution < 1.29 is 33.2 Å². The van der Waals surface area contributed by atoms with Gasteiger partial charge in [0.15, 0.2) is 28.7 Å². The van der Waals surface area contributed by atoms with Crippen molar-refractivity contribution in [1.82, 2.24) is 0 Å². The van der Waals surface area contributed by atoms with Gasteiger partial charge in [-0.2, -0.15) is 0 Å². The van der Waals surface area contributed by atoms with Gasteiger partial charge in [0, 0.05) is 5.56 Å². The summed E-state index contributed by atoms with van der Waals surface area (Å²) in [6, 6.07) is 18.5. The van der Waals surface area contributed by atoms with Gasteiger partial charge in [0.25, 0.3) is 0 Å². The van der Waals surface area contributed by atoms with Crippen LogP contribution >= 0.6 is 0 Å². The summed E-state index contributed by atoms with van der Waals surface area (Å²) in [6.45, 7) is 0.378. The second kappa shape index (κ2) is 10.6. The molecular formula is C27H25NO7. The summed E-state index contributed by atoms with van der Waals surface area (Å²) in [5.74, 6) is 1.97. The zero-order valence-electron chi connectivity index (χ0n) is 19.9. The molecule has 0 radical (unpaired) electrons. The van der Waals surface area contributed by atoms with Crippen LogP contribution in [0.2, 0.25) is 0 Å². The molecule has 3 aromatic carbocycles. The number of cyclic esters (lactones) is 1. The van der Waals surface area contributed by atoms with E-state index in [1.165, 1.54) is 21.3 Å². The summed E-state index contributed by atoms with van der Waals surface area (Å²) in [7, 11) is 6.11. The van der Waals surface area contributed by atoms with Crippen LogP contribution in [0.5, 0.6) is 28.7 Å². The van der Waals surface area contributed by atoms with Crippen molar-refractivity contribution in [2.75, 3.05) is 28.4 Å². The molecule has 0 saturated heterocycles. The number of hydrogen-bond acceptors (Lipinski definition) is 8. The summed E-state index contributed by atoms with van der Waals surface area (Å²) in [6.07, 6.45) is 1.63. The molecule has 0 amide bonds. The number of nitrogens with zero attached hydrogens (tertiary/aromatic N) is 1. The third-order valence-corrected chi connectivity index (χ3v) is 5.26. The second-order valence-electron chi connectivity index (χ2n) is 7.43. The van der Waals surface area contributed by atoms with E-state index in [2.05, 4.69) is 4.99 Å². The number of rotatable bonds is 9. The normalized spacial score (nSPS) is 13.8. The summed E-state index contributed by atoms with van der Waals surface area (Å²) in [4.78, 5) is 17.0. The van der Waals surface area contributed by atoms with E-state index < -0.39 is 5.97 Å². The Morgan fingerprint density at radius 3 is 2.11 bits per heavy atom. The molecule has 8 heteroatoms. The highest BCUT2D eigenvalue weighted by atomic mass is 16.6. The third-order valence-electron chi connectivity index (χ3n) is 5.26. The Morgan fingerprint density at radius 2 is 1.49 bits per heavy atom. The van der Waals surface area contributed by atoms with Gasteiger partial charge in [0.1, 0.15) is 6.61 Å². The van der Waals surface area contributed by atoms with Crippen molar-refractivity contribution in [1.29, 1.82) is 0 Å². The highest BCUT2D eigenvalue weighted by Gasteiger charge is 2.26. The fraction of sp³-hybridized carbons (Fsp3) is 0.185. The van der Waals surface area contributed by atoms with Gasteiger partial charge in [0.2, 0.25) is 11.6 Å². The second-order valence-corrected chi connectivity index (χ2v) is 7.43. The molecule has 4 rings (SSSR count). The molecule has 1 heterocycles. The number of ether oxygens (including phenoxy) is 6. The molecule has 0 saturated carbocycles. The maximum atomic E-state index is 12.6. The van der Waals surface area contributed by atoms with E-state index in [0.717, 1.165) is 5.56 Å². The van der Waals surface area contributed by atoms with Gasteiger partial charge >= 0.3 is 5.97 Å². The molecule has 3 aromatic rings. The van der Waals surface area contributed by atoms with Crippen LogP contribution in [0.3, 0.4) is 0 Å². The average Bonchev–Trinajstić information content (AvgIpc) is 3.27. The Hall–Kier alpha value is -4.46. The van der Waals surface area contributed by atoms with Gasteiger partial charge in [-0.15, -0.1) is 0 Å². The highest BCUT2D eigenvalue weighted by Crippen LogP contribution is 2.39. The molecule has 1 aliphatic heterocycles. The standard InChI is InChI=1S/C27H25NO7/c1-30-21-11-10-18(13-22(21)34-16-17-8-6-5-7-9-17)12-20-27(29)35-26(28-20)19-14-23(31-2)25(33-4)24(15-19)32-3/h5-15H,16H2,1-4H3/b20-12-. The van der Waals surface area contributed by atoms with Gasteiger partial charge in [-0.25, -0.2) is 9.79 Å². The number of hydrogen-bond donors (Lipinski definition) is 0. The molecule has 0 bridgehead atoms. The van der Waals surface area contributed by atoms with Crippen LogP contribution in [0.4, 0.5) is 0 Å². The van der Waals surface area contributed by atoms with Crippen LogP contribution in [0.25, 0.3) is 6.08 Å². The minimum absolute atomic E-state index is 0.134. The van der Waals surface area contributed by atoms with Crippen molar-refractivity contribution in [2.45, 2.75) is 6.61 Å². The average molecular weight is 475 g/mol. The SMILES string of the molecule is COc1ccc(/C=C2\N=C(c3cc(OC)c(OC)c(OC)c3)OC2=O)cc1OCc1ccccc1. The zero-order chi connectivity index (χ0) is 24.8. The number of methoxy groups -OCH3 is 4. The number of aliphatic imine (C=N–C) groups is 1. The van der Waals surface area contributed by atoms with E-state index in [1.54, 1.807) is 43.5 Å². The molecule has 0 atom stereocenters. The van der Waals surface area contributed by atoms with E-state index >= 15 is 0 Å². The number of carbonyl (C=O) groups excluding carboxylic acids is 1. The summed E-state index contributed by atoms with van der Waals surface area (Å²) >= 11 is 0. The summed E-state index contributed by atoms with van der Waals surface area (Å²) in [5.41, 5.74) is 2.39. The Labute approximate surface area is 203 Å².